The van der Waals surface area contributed by atoms with Gasteiger partial charge in [0.15, 0.2) is 0 Å². The molecule has 0 aromatic heterocycles. The minimum Gasteiger partial charge on any atom is -0.399 e. The molecule has 2 aromatic carbocycles. The number of fused-ring (bicyclic) bond motifs is 1. The Bertz CT molecular complexity index is 590. The molecular formula is C16H18N2S. The molecule has 0 atom stereocenters. The summed E-state index contributed by atoms with van der Waals surface area (Å²) < 4.78 is 0. The average molecular weight is 270 g/mol. The summed E-state index contributed by atoms with van der Waals surface area (Å²) in [4.78, 5) is 1.48. The van der Waals surface area contributed by atoms with E-state index < -0.39 is 0 Å². The van der Waals surface area contributed by atoms with Gasteiger partial charge >= 0.3 is 0 Å². The van der Waals surface area contributed by atoms with Crippen molar-refractivity contribution in [3.63, 3.8) is 0 Å². The summed E-state index contributed by atoms with van der Waals surface area (Å²) in [5.74, 6) is 1.22. The highest BCUT2D eigenvalue weighted by Crippen LogP contribution is 2.36. The van der Waals surface area contributed by atoms with Crippen LogP contribution < -0.4 is 11.1 Å². The van der Waals surface area contributed by atoms with Crippen LogP contribution >= 0.6 is 11.8 Å². The fraction of sp³-hybridized carbons (Fsp3) is 0.250. The van der Waals surface area contributed by atoms with Crippen molar-refractivity contribution in [3.05, 3.63) is 53.1 Å². The van der Waals surface area contributed by atoms with Crippen LogP contribution in [-0.4, -0.2) is 5.75 Å². The van der Waals surface area contributed by atoms with Gasteiger partial charge in [-0.05, 0) is 54.3 Å². The summed E-state index contributed by atoms with van der Waals surface area (Å²) in [5.41, 5.74) is 11.9. The molecule has 0 fully saturated rings. The zero-order valence-electron chi connectivity index (χ0n) is 11.1. The van der Waals surface area contributed by atoms with E-state index in [1.807, 2.05) is 23.9 Å². The fourth-order valence-corrected chi connectivity index (χ4v) is 3.60. The molecule has 98 valence electrons. The highest BCUT2D eigenvalue weighted by molar-refractivity contribution is 7.99. The van der Waals surface area contributed by atoms with Crippen molar-refractivity contribution in [1.29, 1.82) is 0 Å². The molecule has 0 bridgehead atoms. The summed E-state index contributed by atoms with van der Waals surface area (Å²) in [6.45, 7) is 3.04. The Morgan fingerprint density at radius 2 is 2.00 bits per heavy atom. The van der Waals surface area contributed by atoms with E-state index in [0.29, 0.717) is 0 Å². The van der Waals surface area contributed by atoms with Crippen molar-refractivity contribution in [2.24, 2.45) is 0 Å². The normalized spacial score (nSPS) is 13.3. The van der Waals surface area contributed by atoms with Gasteiger partial charge in [0.2, 0.25) is 0 Å². The Morgan fingerprint density at radius 3 is 2.79 bits per heavy atom. The number of rotatable bonds is 3. The minimum atomic E-state index is 0.814. The van der Waals surface area contributed by atoms with Crippen LogP contribution in [0.1, 0.15) is 16.7 Å². The van der Waals surface area contributed by atoms with E-state index >= 15 is 0 Å². The smallest absolute Gasteiger partial charge is 0.0400 e. The molecule has 0 radical (unpaired) electrons. The van der Waals surface area contributed by atoms with Crippen LogP contribution in [0.5, 0.6) is 0 Å². The third kappa shape index (κ3) is 2.71. The van der Waals surface area contributed by atoms with Gasteiger partial charge in [-0.1, -0.05) is 12.1 Å². The van der Waals surface area contributed by atoms with Crippen LogP contribution in [0.3, 0.4) is 0 Å². The molecule has 2 nitrogen and oxygen atoms in total. The average Bonchev–Trinajstić information content (AvgIpc) is 2.87. The lowest BCUT2D eigenvalue weighted by Gasteiger charge is -2.11. The lowest BCUT2D eigenvalue weighted by atomic mass is 10.1. The van der Waals surface area contributed by atoms with E-state index in [0.717, 1.165) is 12.2 Å². The molecule has 0 spiro atoms. The van der Waals surface area contributed by atoms with Gasteiger partial charge in [-0.25, -0.2) is 0 Å². The molecule has 19 heavy (non-hydrogen) atoms. The lowest BCUT2D eigenvalue weighted by Crippen LogP contribution is -2.01. The topological polar surface area (TPSA) is 38.0 Å². The van der Waals surface area contributed by atoms with E-state index in [9.17, 15) is 0 Å². The van der Waals surface area contributed by atoms with Crippen LogP contribution in [-0.2, 0) is 13.0 Å². The number of nitrogens with two attached hydrogens (primary N) is 1. The third-order valence-corrected chi connectivity index (χ3v) is 4.73. The first-order chi connectivity index (χ1) is 9.22. The maximum absolute atomic E-state index is 5.69. The summed E-state index contributed by atoms with van der Waals surface area (Å²) in [5, 5.41) is 3.50. The summed E-state index contributed by atoms with van der Waals surface area (Å²) in [6.07, 6.45) is 1.19. The second-order valence-electron chi connectivity index (χ2n) is 4.97. The molecule has 1 aliphatic heterocycles. The second kappa shape index (κ2) is 5.17. The van der Waals surface area contributed by atoms with Crippen molar-refractivity contribution in [2.45, 2.75) is 24.8 Å². The molecule has 3 rings (SSSR count). The number of hydrogen-bond acceptors (Lipinski definition) is 3. The van der Waals surface area contributed by atoms with Gasteiger partial charge in [-0.2, -0.15) is 0 Å². The molecule has 0 saturated carbocycles. The fourth-order valence-electron chi connectivity index (χ4n) is 2.44. The largest absolute Gasteiger partial charge is 0.399 e. The van der Waals surface area contributed by atoms with Crippen LogP contribution in [0.4, 0.5) is 11.4 Å². The molecule has 3 N–H and O–H groups in total. The van der Waals surface area contributed by atoms with Gasteiger partial charge in [0.05, 0.1) is 0 Å². The highest BCUT2D eigenvalue weighted by Gasteiger charge is 2.14. The molecule has 0 saturated heterocycles. The van der Waals surface area contributed by atoms with Gasteiger partial charge in [0.25, 0.3) is 0 Å². The summed E-state index contributed by atoms with van der Waals surface area (Å²) in [7, 11) is 0. The van der Waals surface area contributed by atoms with Crippen LogP contribution in [0.15, 0.2) is 41.3 Å². The maximum atomic E-state index is 5.69. The molecule has 2 aromatic rings. The van der Waals surface area contributed by atoms with E-state index in [1.165, 1.54) is 39.4 Å². The number of nitrogens with one attached hydrogen (secondary N) is 1. The third-order valence-electron chi connectivity index (χ3n) is 3.45. The van der Waals surface area contributed by atoms with Crippen LogP contribution in [0.2, 0.25) is 0 Å². The molecule has 0 amide bonds. The first-order valence-corrected chi connectivity index (χ1v) is 7.55. The number of hydrogen-bond donors (Lipinski definition) is 2. The zero-order chi connectivity index (χ0) is 13.2. The Hall–Kier alpha value is -1.61. The van der Waals surface area contributed by atoms with Crippen molar-refractivity contribution < 1.29 is 0 Å². The number of aryl methyl sites for hydroxylation is 2. The number of benzene rings is 2. The van der Waals surface area contributed by atoms with Crippen molar-refractivity contribution >= 4 is 23.1 Å². The predicted molar refractivity (Wildman–Crippen MR) is 83.8 cm³/mol. The standard InChI is InChI=1S/C16H18N2S/c1-11-8-15(9-13-6-7-19-16(11)13)18-10-12-2-4-14(17)5-3-12/h2-5,8-9,18H,6-7,10,17H2,1H3. The summed E-state index contributed by atoms with van der Waals surface area (Å²) in [6, 6.07) is 12.6. The van der Waals surface area contributed by atoms with Gasteiger partial charge in [-0.15, -0.1) is 11.8 Å². The maximum Gasteiger partial charge on any atom is 0.0400 e. The molecule has 1 heterocycles. The van der Waals surface area contributed by atoms with Crippen molar-refractivity contribution in [1.82, 2.24) is 0 Å². The van der Waals surface area contributed by atoms with Crippen LogP contribution in [0.25, 0.3) is 0 Å². The van der Waals surface area contributed by atoms with Crippen LogP contribution in [0, 0.1) is 6.92 Å². The van der Waals surface area contributed by atoms with E-state index in [2.05, 4.69) is 36.5 Å². The highest BCUT2D eigenvalue weighted by atomic mass is 32.2. The van der Waals surface area contributed by atoms with Gasteiger partial charge < -0.3 is 11.1 Å². The molecule has 0 aliphatic carbocycles. The van der Waals surface area contributed by atoms with Crippen molar-refractivity contribution in [2.75, 3.05) is 16.8 Å². The Morgan fingerprint density at radius 1 is 1.21 bits per heavy atom. The Kier molecular flexibility index (Phi) is 3.38. The molecule has 0 unspecified atom stereocenters. The zero-order valence-corrected chi connectivity index (χ0v) is 11.9. The van der Waals surface area contributed by atoms with E-state index in [-0.39, 0.29) is 0 Å². The van der Waals surface area contributed by atoms with Gasteiger partial charge in [-0.3, -0.25) is 0 Å². The van der Waals surface area contributed by atoms with E-state index in [4.69, 9.17) is 5.73 Å². The van der Waals surface area contributed by atoms with Gasteiger partial charge in [0.1, 0.15) is 0 Å². The SMILES string of the molecule is Cc1cc(NCc2ccc(N)cc2)cc2c1SCC2. The quantitative estimate of drug-likeness (QED) is 0.832. The number of thioether (sulfide) groups is 1. The second-order valence-corrected chi connectivity index (χ2v) is 6.08. The number of anilines is 2. The summed E-state index contributed by atoms with van der Waals surface area (Å²) >= 11 is 1.98. The van der Waals surface area contributed by atoms with Gasteiger partial charge in [0, 0.05) is 28.6 Å². The van der Waals surface area contributed by atoms with E-state index in [1.54, 1.807) is 0 Å². The minimum absolute atomic E-state index is 0.814. The molecular weight excluding hydrogens is 252 g/mol. The predicted octanol–water partition coefficient (Wildman–Crippen LogP) is 3.84. The molecule has 3 heteroatoms. The molecule has 1 aliphatic rings. The Labute approximate surface area is 118 Å². The van der Waals surface area contributed by atoms with Crippen molar-refractivity contribution in [3.8, 4) is 0 Å². The number of nitrogen functional groups attached to an aromatic ring is 1. The first kappa shape index (κ1) is 12.4. The first-order valence-electron chi connectivity index (χ1n) is 6.57. The lowest BCUT2D eigenvalue weighted by molar-refractivity contribution is 1.10. The monoisotopic (exact) mass is 270 g/mol. The Balaban J connectivity index is 1.73.